The second-order valence-corrected chi connectivity index (χ2v) is 4.82. The van der Waals surface area contributed by atoms with Gasteiger partial charge in [-0.3, -0.25) is 4.79 Å². The molecule has 1 atom stereocenters. The summed E-state index contributed by atoms with van der Waals surface area (Å²) >= 11 is 0. The van der Waals surface area contributed by atoms with Crippen molar-refractivity contribution in [1.29, 1.82) is 0 Å². The number of aromatic amines is 1. The summed E-state index contributed by atoms with van der Waals surface area (Å²) in [5.74, 6) is 0.814. The van der Waals surface area contributed by atoms with Crippen molar-refractivity contribution in [3.8, 4) is 0 Å². The first-order chi connectivity index (χ1) is 9.24. The minimum Gasteiger partial charge on any atom is -0.309 e. The number of anilines is 1. The number of carbonyl (C=O) groups is 1. The zero-order valence-corrected chi connectivity index (χ0v) is 10.7. The van der Waals surface area contributed by atoms with Crippen LogP contribution in [0.1, 0.15) is 24.2 Å². The number of amides is 1. The van der Waals surface area contributed by atoms with Crippen molar-refractivity contribution >= 4 is 11.6 Å². The number of carbonyl (C=O) groups excluding carboxylic acids is 1. The molecule has 1 aliphatic rings. The highest BCUT2D eigenvalue weighted by molar-refractivity contribution is 5.96. The number of rotatable bonds is 3. The van der Waals surface area contributed by atoms with Gasteiger partial charge in [-0.05, 0) is 25.5 Å². The highest BCUT2D eigenvalue weighted by Gasteiger charge is 2.32. The molecule has 0 spiro atoms. The van der Waals surface area contributed by atoms with Gasteiger partial charge in [-0.2, -0.15) is 5.21 Å². The van der Waals surface area contributed by atoms with E-state index in [-0.39, 0.29) is 11.9 Å². The molecule has 1 saturated heterocycles. The van der Waals surface area contributed by atoms with E-state index >= 15 is 0 Å². The van der Waals surface area contributed by atoms with Crippen LogP contribution in [0.3, 0.4) is 0 Å². The van der Waals surface area contributed by atoms with Gasteiger partial charge in [0.1, 0.15) is 0 Å². The summed E-state index contributed by atoms with van der Waals surface area (Å²) in [6.45, 7) is 2.03. The van der Waals surface area contributed by atoms with Gasteiger partial charge in [-0.1, -0.05) is 22.9 Å². The number of aryl methyl sites for hydroxylation is 1. The zero-order chi connectivity index (χ0) is 13.2. The first kappa shape index (κ1) is 11.8. The van der Waals surface area contributed by atoms with Crippen molar-refractivity contribution in [2.24, 2.45) is 0 Å². The van der Waals surface area contributed by atoms with E-state index in [0.717, 1.165) is 12.1 Å². The van der Waals surface area contributed by atoms with Gasteiger partial charge < -0.3 is 4.90 Å². The molecule has 2 heterocycles. The Bertz CT molecular complexity index is 563. The first-order valence-electron chi connectivity index (χ1n) is 6.35. The molecule has 1 aromatic carbocycles. The Hall–Kier alpha value is -2.24. The number of nitrogens with one attached hydrogen (secondary N) is 1. The monoisotopic (exact) mass is 257 g/mol. The fourth-order valence-electron chi connectivity index (χ4n) is 2.48. The van der Waals surface area contributed by atoms with Crippen LogP contribution in [0.2, 0.25) is 0 Å². The number of hydrogen-bond acceptors (Lipinski definition) is 4. The summed E-state index contributed by atoms with van der Waals surface area (Å²) in [5, 5.41) is 13.9. The van der Waals surface area contributed by atoms with E-state index in [1.807, 2.05) is 36.1 Å². The van der Waals surface area contributed by atoms with Gasteiger partial charge in [-0.15, -0.1) is 10.2 Å². The predicted octanol–water partition coefficient (Wildman–Crippen LogP) is 1.25. The van der Waals surface area contributed by atoms with Crippen molar-refractivity contribution in [2.75, 3.05) is 4.90 Å². The maximum atomic E-state index is 12.1. The maximum absolute atomic E-state index is 12.1. The van der Waals surface area contributed by atoms with Gasteiger partial charge in [0.05, 0.1) is 0 Å². The topological polar surface area (TPSA) is 74.8 Å². The van der Waals surface area contributed by atoms with Crippen LogP contribution in [0.25, 0.3) is 0 Å². The Kier molecular flexibility index (Phi) is 2.98. The number of nitrogens with zero attached hydrogens (tertiary/aromatic N) is 4. The fourth-order valence-corrected chi connectivity index (χ4v) is 2.48. The van der Waals surface area contributed by atoms with Crippen molar-refractivity contribution in [3.05, 3.63) is 35.7 Å². The van der Waals surface area contributed by atoms with E-state index < -0.39 is 0 Å². The van der Waals surface area contributed by atoms with E-state index in [2.05, 4.69) is 20.6 Å². The molecule has 1 aliphatic heterocycles. The van der Waals surface area contributed by atoms with Gasteiger partial charge >= 0.3 is 0 Å². The molecule has 0 aliphatic carbocycles. The summed E-state index contributed by atoms with van der Waals surface area (Å²) in [7, 11) is 0. The third kappa shape index (κ3) is 2.33. The second kappa shape index (κ2) is 4.79. The third-order valence-corrected chi connectivity index (χ3v) is 3.44. The van der Waals surface area contributed by atoms with E-state index in [1.165, 1.54) is 5.56 Å². The number of aromatic nitrogens is 4. The van der Waals surface area contributed by atoms with Gasteiger partial charge in [0.25, 0.3) is 0 Å². The quantitative estimate of drug-likeness (QED) is 0.897. The largest absolute Gasteiger partial charge is 0.309 e. The van der Waals surface area contributed by atoms with Gasteiger partial charge in [0.2, 0.25) is 5.91 Å². The normalized spacial score (nSPS) is 19.1. The number of hydrogen-bond donors (Lipinski definition) is 1. The first-order valence-corrected chi connectivity index (χ1v) is 6.35. The standard InChI is InChI=1S/C13H15N5O/c1-9-2-4-10(5-3-9)18-11(6-7-13(18)19)8-12-14-16-17-15-12/h2-5,11H,6-8H2,1H3,(H,14,15,16,17)/t11-/m0/s1. The molecule has 0 saturated carbocycles. The van der Waals surface area contributed by atoms with Gasteiger partial charge in [0, 0.05) is 24.6 Å². The second-order valence-electron chi connectivity index (χ2n) is 4.82. The van der Waals surface area contributed by atoms with Gasteiger partial charge in [-0.25, -0.2) is 0 Å². The smallest absolute Gasteiger partial charge is 0.227 e. The Morgan fingerprint density at radius 1 is 1.37 bits per heavy atom. The summed E-state index contributed by atoms with van der Waals surface area (Å²) in [6.07, 6.45) is 2.05. The van der Waals surface area contributed by atoms with Crippen molar-refractivity contribution < 1.29 is 4.79 Å². The Morgan fingerprint density at radius 3 is 2.84 bits per heavy atom. The highest BCUT2D eigenvalue weighted by Crippen LogP contribution is 2.28. The molecule has 3 rings (SSSR count). The fraction of sp³-hybridized carbons (Fsp3) is 0.385. The van der Waals surface area contributed by atoms with E-state index in [4.69, 9.17) is 0 Å². The summed E-state index contributed by atoms with van der Waals surface area (Å²) < 4.78 is 0. The lowest BCUT2D eigenvalue weighted by molar-refractivity contribution is -0.117. The Labute approximate surface area is 110 Å². The zero-order valence-electron chi connectivity index (χ0n) is 10.7. The lowest BCUT2D eigenvalue weighted by Crippen LogP contribution is -2.34. The van der Waals surface area contributed by atoms with E-state index in [9.17, 15) is 4.79 Å². The van der Waals surface area contributed by atoms with Crippen LogP contribution in [0, 0.1) is 6.92 Å². The average Bonchev–Trinajstić information content (AvgIpc) is 3.02. The van der Waals surface area contributed by atoms with E-state index in [1.54, 1.807) is 0 Å². The van der Waals surface area contributed by atoms with Crippen molar-refractivity contribution in [2.45, 2.75) is 32.2 Å². The highest BCUT2D eigenvalue weighted by atomic mass is 16.2. The molecular weight excluding hydrogens is 242 g/mol. The number of tetrazole rings is 1. The van der Waals surface area contributed by atoms with Crippen LogP contribution in [0.15, 0.2) is 24.3 Å². The molecule has 2 aromatic rings. The van der Waals surface area contributed by atoms with Crippen LogP contribution in [-0.2, 0) is 11.2 Å². The molecule has 0 bridgehead atoms. The van der Waals surface area contributed by atoms with Crippen LogP contribution < -0.4 is 4.90 Å². The van der Waals surface area contributed by atoms with Crippen molar-refractivity contribution in [1.82, 2.24) is 20.6 Å². The minimum absolute atomic E-state index is 0.118. The number of H-pyrrole nitrogens is 1. The summed E-state index contributed by atoms with van der Waals surface area (Å²) in [5.41, 5.74) is 2.13. The third-order valence-electron chi connectivity index (χ3n) is 3.44. The molecule has 0 radical (unpaired) electrons. The summed E-state index contributed by atoms with van der Waals surface area (Å²) in [4.78, 5) is 13.9. The van der Waals surface area contributed by atoms with Crippen molar-refractivity contribution in [3.63, 3.8) is 0 Å². The molecule has 0 unspecified atom stereocenters. The number of benzene rings is 1. The van der Waals surface area contributed by atoms with Crippen LogP contribution in [-0.4, -0.2) is 32.6 Å². The van der Waals surface area contributed by atoms with Crippen LogP contribution in [0.4, 0.5) is 5.69 Å². The van der Waals surface area contributed by atoms with Crippen LogP contribution >= 0.6 is 0 Å². The van der Waals surface area contributed by atoms with Gasteiger partial charge in [0.15, 0.2) is 5.82 Å². The van der Waals surface area contributed by atoms with E-state index in [0.29, 0.717) is 18.7 Å². The molecule has 6 heteroatoms. The lowest BCUT2D eigenvalue weighted by atomic mass is 10.1. The minimum atomic E-state index is 0.118. The summed E-state index contributed by atoms with van der Waals surface area (Å²) in [6, 6.07) is 8.13. The maximum Gasteiger partial charge on any atom is 0.227 e. The molecule has 6 nitrogen and oxygen atoms in total. The molecule has 98 valence electrons. The Balaban J connectivity index is 1.84. The molecular formula is C13H15N5O. The lowest BCUT2D eigenvalue weighted by Gasteiger charge is -2.24. The molecule has 1 aromatic heterocycles. The SMILES string of the molecule is Cc1ccc(N2C(=O)CC[C@H]2Cc2nn[nH]n2)cc1. The average molecular weight is 257 g/mol. The Morgan fingerprint density at radius 2 is 2.16 bits per heavy atom. The molecule has 19 heavy (non-hydrogen) atoms. The molecule has 1 amide bonds. The predicted molar refractivity (Wildman–Crippen MR) is 69.6 cm³/mol. The van der Waals surface area contributed by atoms with Crippen LogP contribution in [0.5, 0.6) is 0 Å². The molecule has 1 N–H and O–H groups in total. The molecule has 1 fully saturated rings.